The van der Waals surface area contributed by atoms with E-state index in [-0.39, 0.29) is 36.9 Å². The first-order valence-corrected chi connectivity index (χ1v) is 11.8. The minimum atomic E-state index is -1.57. The first kappa shape index (κ1) is 31.7. The number of hydrogen-bond acceptors (Lipinski definition) is 11. The Morgan fingerprint density at radius 1 is 0.865 bits per heavy atom. The average Bonchev–Trinajstić information content (AvgIpc) is 2.72. The molecule has 0 aliphatic heterocycles. The zero-order chi connectivity index (χ0) is 28.6. The number of nitrogens with two attached hydrogens (primary N) is 1. The highest BCUT2D eigenvalue weighted by atomic mass is 16.8. The third-order valence-corrected chi connectivity index (χ3v) is 4.55. The number of benzene rings is 1. The van der Waals surface area contributed by atoms with Crippen LogP contribution in [0.25, 0.3) is 0 Å². The van der Waals surface area contributed by atoms with Gasteiger partial charge in [-0.15, -0.1) is 0 Å². The van der Waals surface area contributed by atoms with E-state index in [2.05, 4.69) is 0 Å². The standard InChI is InChI=1S/C26H39NO10/c1-16(2)20(28)33-13-12-26(27,21(29)32-9)15-17-10-11-18(34-22(30)36-24(3,4)5)19(14-17)35-23(31)37-25(6,7)8/h10-11,14,16H,12-13,15,27H2,1-9H3. The maximum atomic E-state index is 12.5. The molecule has 0 aliphatic rings. The second-order valence-electron chi connectivity index (χ2n) is 10.8. The van der Waals surface area contributed by atoms with Gasteiger partial charge in [0.25, 0.3) is 0 Å². The summed E-state index contributed by atoms with van der Waals surface area (Å²) in [6.07, 6.45) is -2.15. The molecular formula is C26H39NO10. The van der Waals surface area contributed by atoms with E-state index in [1.54, 1.807) is 55.4 Å². The van der Waals surface area contributed by atoms with E-state index in [0.717, 1.165) is 0 Å². The van der Waals surface area contributed by atoms with Crippen LogP contribution in [0.1, 0.15) is 67.4 Å². The van der Waals surface area contributed by atoms with Crippen LogP contribution in [0.2, 0.25) is 0 Å². The third-order valence-electron chi connectivity index (χ3n) is 4.55. The van der Waals surface area contributed by atoms with Crippen LogP contribution >= 0.6 is 0 Å². The molecule has 0 amide bonds. The molecule has 11 heteroatoms. The number of hydrogen-bond donors (Lipinski definition) is 1. The predicted octanol–water partition coefficient (Wildman–Crippen LogP) is 4.32. The molecule has 1 unspecified atom stereocenters. The maximum absolute atomic E-state index is 12.5. The quantitative estimate of drug-likeness (QED) is 0.279. The van der Waals surface area contributed by atoms with Gasteiger partial charge < -0.3 is 34.2 Å². The van der Waals surface area contributed by atoms with Crippen LogP contribution in [0.15, 0.2) is 18.2 Å². The SMILES string of the molecule is COC(=O)C(N)(CCOC(=O)C(C)C)Cc1ccc(OC(=O)OC(C)(C)C)c(OC(=O)OC(C)(C)C)c1. The van der Waals surface area contributed by atoms with E-state index in [1.807, 2.05) is 0 Å². The third kappa shape index (κ3) is 11.5. The summed E-state index contributed by atoms with van der Waals surface area (Å²) in [5.74, 6) is -1.76. The van der Waals surface area contributed by atoms with Gasteiger partial charge in [-0.05, 0) is 59.2 Å². The summed E-state index contributed by atoms with van der Waals surface area (Å²) in [5, 5.41) is 0. The van der Waals surface area contributed by atoms with Crippen LogP contribution in [0, 0.1) is 5.92 Å². The van der Waals surface area contributed by atoms with Crippen molar-refractivity contribution >= 4 is 24.2 Å². The molecule has 37 heavy (non-hydrogen) atoms. The van der Waals surface area contributed by atoms with Gasteiger partial charge in [0, 0.05) is 12.8 Å². The Hall–Kier alpha value is -3.34. The molecule has 0 radical (unpaired) electrons. The fraction of sp³-hybridized carbons (Fsp3) is 0.615. The molecule has 1 rings (SSSR count). The molecule has 0 aromatic heterocycles. The lowest BCUT2D eigenvalue weighted by Crippen LogP contribution is -2.51. The van der Waals surface area contributed by atoms with E-state index in [4.69, 9.17) is 34.2 Å². The van der Waals surface area contributed by atoms with Gasteiger partial charge in [0.2, 0.25) is 0 Å². The van der Waals surface area contributed by atoms with Crippen LogP contribution < -0.4 is 15.2 Å². The van der Waals surface area contributed by atoms with Crippen LogP contribution in [-0.4, -0.2) is 54.7 Å². The largest absolute Gasteiger partial charge is 0.514 e. The van der Waals surface area contributed by atoms with Crippen molar-refractivity contribution in [3.05, 3.63) is 23.8 Å². The summed E-state index contributed by atoms with van der Waals surface area (Å²) in [4.78, 5) is 48.9. The van der Waals surface area contributed by atoms with Gasteiger partial charge in [-0.25, -0.2) is 9.59 Å². The highest BCUT2D eigenvalue weighted by Crippen LogP contribution is 2.32. The van der Waals surface area contributed by atoms with E-state index >= 15 is 0 Å². The average molecular weight is 526 g/mol. The summed E-state index contributed by atoms with van der Waals surface area (Å²) in [6, 6.07) is 4.29. The Bertz CT molecular complexity index is 975. The van der Waals surface area contributed by atoms with Crippen LogP contribution in [-0.2, 0) is 35.0 Å². The number of esters is 2. The molecule has 1 atom stereocenters. The molecule has 0 saturated heterocycles. The number of rotatable bonds is 9. The van der Waals surface area contributed by atoms with Crippen LogP contribution in [0.3, 0.4) is 0 Å². The fourth-order valence-electron chi connectivity index (χ4n) is 2.88. The van der Waals surface area contributed by atoms with Gasteiger partial charge >= 0.3 is 24.2 Å². The van der Waals surface area contributed by atoms with Crippen molar-refractivity contribution in [1.29, 1.82) is 0 Å². The Kier molecular flexibility index (Phi) is 10.9. The van der Waals surface area contributed by atoms with Crippen molar-refractivity contribution in [3.63, 3.8) is 0 Å². The zero-order valence-corrected chi connectivity index (χ0v) is 23.1. The molecular weight excluding hydrogens is 486 g/mol. The Morgan fingerprint density at radius 3 is 1.84 bits per heavy atom. The maximum Gasteiger partial charge on any atom is 0.514 e. The number of carbonyl (C=O) groups is 4. The van der Waals surface area contributed by atoms with Crippen molar-refractivity contribution < 1.29 is 47.6 Å². The van der Waals surface area contributed by atoms with Gasteiger partial charge in [0.05, 0.1) is 19.6 Å². The molecule has 2 N–H and O–H groups in total. The minimum Gasteiger partial charge on any atom is -0.468 e. The van der Waals surface area contributed by atoms with E-state index in [1.165, 1.54) is 25.3 Å². The molecule has 0 saturated carbocycles. The first-order chi connectivity index (χ1) is 16.8. The second-order valence-corrected chi connectivity index (χ2v) is 10.8. The van der Waals surface area contributed by atoms with Gasteiger partial charge in [-0.3, -0.25) is 9.59 Å². The van der Waals surface area contributed by atoms with Gasteiger partial charge in [-0.2, -0.15) is 0 Å². The van der Waals surface area contributed by atoms with Gasteiger partial charge in [0.15, 0.2) is 11.5 Å². The van der Waals surface area contributed by atoms with E-state index in [0.29, 0.717) is 5.56 Å². The second kappa shape index (κ2) is 12.8. The highest BCUT2D eigenvalue weighted by Gasteiger charge is 2.36. The molecule has 0 heterocycles. The molecule has 0 fully saturated rings. The van der Waals surface area contributed by atoms with Crippen LogP contribution in [0.5, 0.6) is 11.5 Å². The lowest BCUT2D eigenvalue weighted by Gasteiger charge is -2.27. The Morgan fingerprint density at radius 2 is 1.38 bits per heavy atom. The molecule has 0 bridgehead atoms. The minimum absolute atomic E-state index is 0.0312. The molecule has 0 aliphatic carbocycles. The van der Waals surface area contributed by atoms with Gasteiger partial charge in [0.1, 0.15) is 16.7 Å². The lowest BCUT2D eigenvalue weighted by atomic mass is 9.88. The molecule has 0 spiro atoms. The predicted molar refractivity (Wildman–Crippen MR) is 133 cm³/mol. The van der Waals surface area contributed by atoms with Crippen molar-refractivity contribution in [1.82, 2.24) is 0 Å². The summed E-state index contributed by atoms with van der Waals surface area (Å²) in [7, 11) is 1.19. The zero-order valence-electron chi connectivity index (χ0n) is 23.1. The highest BCUT2D eigenvalue weighted by molar-refractivity contribution is 5.81. The smallest absolute Gasteiger partial charge is 0.468 e. The lowest BCUT2D eigenvalue weighted by molar-refractivity contribution is -0.152. The molecule has 1 aromatic rings. The van der Waals surface area contributed by atoms with Crippen molar-refractivity contribution in [3.8, 4) is 11.5 Å². The summed E-state index contributed by atoms with van der Waals surface area (Å²) >= 11 is 0. The summed E-state index contributed by atoms with van der Waals surface area (Å²) in [6.45, 7) is 13.3. The topological polar surface area (TPSA) is 150 Å². The fourth-order valence-corrected chi connectivity index (χ4v) is 2.88. The normalized spacial score (nSPS) is 13.3. The molecule has 1 aromatic carbocycles. The van der Waals surface area contributed by atoms with Gasteiger partial charge in [-0.1, -0.05) is 19.9 Å². The monoisotopic (exact) mass is 525 g/mol. The van der Waals surface area contributed by atoms with Crippen molar-refractivity contribution in [2.75, 3.05) is 13.7 Å². The van der Waals surface area contributed by atoms with E-state index in [9.17, 15) is 19.2 Å². The molecule has 208 valence electrons. The number of methoxy groups -OCH3 is 1. The Labute approximate surface area is 217 Å². The van der Waals surface area contributed by atoms with Crippen molar-refractivity contribution in [2.24, 2.45) is 11.7 Å². The summed E-state index contributed by atoms with van der Waals surface area (Å²) < 4.78 is 31.0. The van der Waals surface area contributed by atoms with E-state index < -0.39 is 41.0 Å². The molecule has 11 nitrogen and oxygen atoms in total. The Balaban J connectivity index is 3.26. The van der Waals surface area contributed by atoms with Crippen molar-refractivity contribution in [2.45, 2.75) is 85.0 Å². The van der Waals surface area contributed by atoms with Crippen LogP contribution in [0.4, 0.5) is 9.59 Å². The summed E-state index contributed by atoms with van der Waals surface area (Å²) in [5.41, 5.74) is 3.58. The number of ether oxygens (including phenoxy) is 6. The first-order valence-electron chi connectivity index (χ1n) is 11.8. The number of carbonyl (C=O) groups excluding carboxylic acids is 4.